The number of hydrogen-bond acceptors (Lipinski definition) is 0. The summed E-state index contributed by atoms with van der Waals surface area (Å²) >= 11 is 0. The van der Waals surface area contributed by atoms with Crippen molar-refractivity contribution >= 4 is 0 Å². The van der Waals surface area contributed by atoms with Crippen LogP contribution in [0.5, 0.6) is 0 Å². The molecule has 24 heavy (non-hydrogen) atoms. The molecule has 0 N–H and O–H groups in total. The standard InChI is InChI=1S/C24H41/c1-3-5-7-9-11-12-14-16-18-24-21-19-23(20-22-24)17-15-13-10-8-6-4-2/h17,19-22H,3-16,18H2,1-2H3. The first kappa shape index (κ1) is 21.3. The van der Waals surface area contributed by atoms with E-state index in [0.717, 1.165) is 0 Å². The Kier molecular flexibility index (Phi) is 13.9. The molecular formula is C24H41. The van der Waals surface area contributed by atoms with E-state index in [9.17, 15) is 0 Å². The molecule has 0 aromatic heterocycles. The normalized spacial score (nSPS) is 11.1. The predicted molar refractivity (Wildman–Crippen MR) is 110 cm³/mol. The van der Waals surface area contributed by atoms with Crippen LogP contribution in [0.15, 0.2) is 24.3 Å². The van der Waals surface area contributed by atoms with Crippen molar-refractivity contribution in [1.29, 1.82) is 0 Å². The maximum Gasteiger partial charge on any atom is -0.00931 e. The highest BCUT2D eigenvalue weighted by molar-refractivity contribution is 5.27. The van der Waals surface area contributed by atoms with E-state index in [0.29, 0.717) is 0 Å². The fourth-order valence-corrected chi connectivity index (χ4v) is 3.30. The lowest BCUT2D eigenvalue weighted by Gasteiger charge is -2.05. The van der Waals surface area contributed by atoms with Gasteiger partial charge >= 0.3 is 0 Å². The maximum absolute atomic E-state index is 2.41. The third kappa shape index (κ3) is 11.7. The predicted octanol–water partition coefficient (Wildman–Crippen LogP) is 8.28. The van der Waals surface area contributed by atoms with Crippen molar-refractivity contribution in [1.82, 2.24) is 0 Å². The van der Waals surface area contributed by atoms with Gasteiger partial charge in [0.25, 0.3) is 0 Å². The molecule has 0 amide bonds. The minimum atomic E-state index is 1.24. The van der Waals surface area contributed by atoms with E-state index in [1.807, 2.05) is 0 Å². The zero-order valence-corrected chi connectivity index (χ0v) is 16.5. The molecule has 0 atom stereocenters. The molecule has 0 aliphatic heterocycles. The van der Waals surface area contributed by atoms with Gasteiger partial charge in [-0.1, -0.05) is 115 Å². The van der Waals surface area contributed by atoms with Crippen LogP contribution in [-0.2, 0) is 6.42 Å². The van der Waals surface area contributed by atoms with Crippen LogP contribution in [0.2, 0.25) is 0 Å². The van der Waals surface area contributed by atoms with Gasteiger partial charge in [-0.3, -0.25) is 0 Å². The van der Waals surface area contributed by atoms with Gasteiger partial charge in [-0.15, -0.1) is 0 Å². The van der Waals surface area contributed by atoms with E-state index >= 15 is 0 Å². The van der Waals surface area contributed by atoms with Crippen LogP contribution < -0.4 is 0 Å². The van der Waals surface area contributed by atoms with Gasteiger partial charge in [0.2, 0.25) is 0 Å². The molecule has 0 saturated heterocycles. The molecule has 0 nitrogen and oxygen atoms in total. The second-order valence-electron chi connectivity index (χ2n) is 7.37. The first-order valence-electron chi connectivity index (χ1n) is 10.8. The molecule has 0 unspecified atom stereocenters. The Labute approximate surface area is 152 Å². The number of rotatable bonds is 16. The molecule has 0 bridgehead atoms. The van der Waals surface area contributed by atoms with Gasteiger partial charge in [-0.2, -0.15) is 0 Å². The van der Waals surface area contributed by atoms with Gasteiger partial charge in [0.15, 0.2) is 0 Å². The van der Waals surface area contributed by atoms with Crippen LogP contribution in [-0.4, -0.2) is 0 Å². The number of hydrogen-bond donors (Lipinski definition) is 0. The minimum absolute atomic E-state index is 1.24. The second kappa shape index (κ2) is 15.7. The van der Waals surface area contributed by atoms with Crippen LogP contribution in [0.3, 0.4) is 0 Å². The summed E-state index contributed by atoms with van der Waals surface area (Å²) in [4.78, 5) is 0. The summed E-state index contributed by atoms with van der Waals surface area (Å²) in [5, 5.41) is 0. The van der Waals surface area contributed by atoms with Crippen molar-refractivity contribution in [3.8, 4) is 0 Å². The van der Waals surface area contributed by atoms with Gasteiger partial charge in [0.1, 0.15) is 0 Å². The third-order valence-corrected chi connectivity index (χ3v) is 4.99. The Morgan fingerprint density at radius 3 is 1.67 bits per heavy atom. The average molecular weight is 330 g/mol. The fourth-order valence-electron chi connectivity index (χ4n) is 3.30. The first-order chi connectivity index (χ1) is 11.9. The highest BCUT2D eigenvalue weighted by Gasteiger charge is 1.98. The first-order valence-corrected chi connectivity index (χ1v) is 10.8. The summed E-state index contributed by atoms with van der Waals surface area (Å²) in [6.45, 7) is 4.57. The highest BCUT2D eigenvalue weighted by atomic mass is 14.0. The Bertz CT molecular complexity index is 362. The second-order valence-corrected chi connectivity index (χ2v) is 7.37. The molecule has 0 aliphatic rings. The molecule has 0 heterocycles. The molecule has 1 aromatic carbocycles. The molecule has 0 heteroatoms. The van der Waals surface area contributed by atoms with Crippen molar-refractivity contribution in [2.24, 2.45) is 0 Å². The van der Waals surface area contributed by atoms with E-state index in [4.69, 9.17) is 0 Å². The van der Waals surface area contributed by atoms with E-state index < -0.39 is 0 Å². The van der Waals surface area contributed by atoms with Gasteiger partial charge in [-0.25, -0.2) is 0 Å². The molecule has 0 aliphatic carbocycles. The van der Waals surface area contributed by atoms with Crippen LogP contribution in [0, 0.1) is 6.42 Å². The Morgan fingerprint density at radius 1 is 0.583 bits per heavy atom. The lowest BCUT2D eigenvalue weighted by atomic mass is 10.0. The zero-order valence-electron chi connectivity index (χ0n) is 16.5. The Morgan fingerprint density at radius 2 is 1.08 bits per heavy atom. The largest absolute Gasteiger partial charge is 0.0654 e. The van der Waals surface area contributed by atoms with Gasteiger partial charge in [-0.05, 0) is 36.8 Å². The van der Waals surface area contributed by atoms with Crippen LogP contribution in [0.1, 0.15) is 115 Å². The van der Waals surface area contributed by atoms with Crippen molar-refractivity contribution in [2.45, 2.75) is 110 Å². The number of unbranched alkanes of at least 4 members (excludes halogenated alkanes) is 12. The summed E-state index contributed by atoms with van der Waals surface area (Å²) < 4.78 is 0. The molecule has 0 saturated carbocycles. The van der Waals surface area contributed by atoms with E-state index in [1.165, 1.54) is 107 Å². The monoisotopic (exact) mass is 329 g/mol. The van der Waals surface area contributed by atoms with Crippen molar-refractivity contribution in [3.05, 3.63) is 41.8 Å². The van der Waals surface area contributed by atoms with Crippen LogP contribution >= 0.6 is 0 Å². The van der Waals surface area contributed by atoms with Gasteiger partial charge in [0.05, 0.1) is 0 Å². The summed E-state index contributed by atoms with van der Waals surface area (Å²) in [7, 11) is 0. The molecule has 0 spiro atoms. The van der Waals surface area contributed by atoms with Crippen LogP contribution in [0.25, 0.3) is 0 Å². The smallest absolute Gasteiger partial charge is 0.00931 e. The van der Waals surface area contributed by atoms with Gasteiger partial charge in [0, 0.05) is 0 Å². The van der Waals surface area contributed by atoms with Crippen molar-refractivity contribution in [3.63, 3.8) is 0 Å². The molecule has 1 rings (SSSR count). The molecule has 1 radical (unpaired) electrons. The lowest BCUT2D eigenvalue weighted by molar-refractivity contribution is 0.575. The molecule has 1 aromatic rings. The SMILES string of the molecule is CCCCCCC[CH]c1ccc(CCCCCCCCCC)cc1. The van der Waals surface area contributed by atoms with Gasteiger partial charge < -0.3 is 0 Å². The number of benzene rings is 1. The summed E-state index contributed by atoms with van der Waals surface area (Å²) in [6, 6.07) is 9.30. The molecule has 0 fully saturated rings. The highest BCUT2D eigenvalue weighted by Crippen LogP contribution is 2.15. The Balaban J connectivity index is 2.01. The lowest BCUT2D eigenvalue weighted by Crippen LogP contribution is -1.89. The zero-order chi connectivity index (χ0) is 17.3. The Hall–Kier alpha value is -0.780. The summed E-state index contributed by atoms with van der Waals surface area (Å²) in [5.41, 5.74) is 2.92. The van der Waals surface area contributed by atoms with E-state index in [2.05, 4.69) is 44.5 Å². The van der Waals surface area contributed by atoms with E-state index in [-0.39, 0.29) is 0 Å². The maximum atomic E-state index is 2.41. The van der Waals surface area contributed by atoms with Crippen LogP contribution in [0.4, 0.5) is 0 Å². The fraction of sp³-hybridized carbons (Fsp3) is 0.708. The van der Waals surface area contributed by atoms with Crippen molar-refractivity contribution in [2.75, 3.05) is 0 Å². The topological polar surface area (TPSA) is 0 Å². The quantitative estimate of drug-likeness (QED) is 0.268. The summed E-state index contributed by atoms with van der Waals surface area (Å²) in [5.74, 6) is 0. The number of aryl methyl sites for hydroxylation is 1. The minimum Gasteiger partial charge on any atom is -0.0654 e. The van der Waals surface area contributed by atoms with E-state index in [1.54, 1.807) is 0 Å². The third-order valence-electron chi connectivity index (χ3n) is 4.99. The van der Waals surface area contributed by atoms with Crippen molar-refractivity contribution < 1.29 is 0 Å². The molecule has 137 valence electrons. The summed E-state index contributed by atoms with van der Waals surface area (Å²) in [6.07, 6.45) is 23.0. The average Bonchev–Trinajstić information content (AvgIpc) is 2.61. The molecular weight excluding hydrogens is 288 g/mol.